The second-order valence-electron chi connectivity index (χ2n) is 5.35. The minimum atomic E-state index is -3.04. The summed E-state index contributed by atoms with van der Waals surface area (Å²) in [5, 5.41) is 2.67. The van der Waals surface area contributed by atoms with E-state index in [0.29, 0.717) is 13.0 Å². The van der Waals surface area contributed by atoms with Gasteiger partial charge in [-0.25, -0.2) is 17.6 Å². The van der Waals surface area contributed by atoms with E-state index in [1.807, 2.05) is 0 Å². The molecule has 0 spiro atoms. The fourth-order valence-electron chi connectivity index (χ4n) is 2.57. The smallest absolute Gasteiger partial charge is 0.317 e. The number of amides is 2. The molecule has 1 N–H and O–H groups in total. The van der Waals surface area contributed by atoms with Crippen LogP contribution in [0.15, 0.2) is 24.3 Å². The Morgan fingerprint density at radius 2 is 2.17 bits per heavy atom. The largest absolute Gasteiger partial charge is 0.489 e. The number of benzene rings is 1. The van der Waals surface area contributed by atoms with E-state index >= 15 is 0 Å². The van der Waals surface area contributed by atoms with Gasteiger partial charge in [-0.1, -0.05) is 12.1 Å². The van der Waals surface area contributed by atoms with Gasteiger partial charge < -0.3 is 15.0 Å². The third kappa shape index (κ3) is 4.82. The van der Waals surface area contributed by atoms with Crippen molar-refractivity contribution in [1.29, 1.82) is 0 Å². The van der Waals surface area contributed by atoms with Gasteiger partial charge in [0.1, 0.15) is 6.61 Å². The summed E-state index contributed by atoms with van der Waals surface area (Å²) in [6.07, 6.45) is 0.468. The molecule has 2 rings (SSSR count). The molecule has 0 aromatic heterocycles. The molecule has 128 valence electrons. The van der Waals surface area contributed by atoms with E-state index < -0.39 is 15.7 Å². The first-order valence-corrected chi connectivity index (χ1v) is 9.37. The number of nitrogens with one attached hydrogen (secondary N) is 1. The number of ether oxygens (including phenoxy) is 1. The van der Waals surface area contributed by atoms with Crippen LogP contribution in [-0.4, -0.2) is 56.6 Å². The van der Waals surface area contributed by atoms with Crippen molar-refractivity contribution in [2.45, 2.75) is 19.4 Å². The summed E-state index contributed by atoms with van der Waals surface area (Å²) in [4.78, 5) is 13.7. The average molecular weight is 344 g/mol. The summed E-state index contributed by atoms with van der Waals surface area (Å²) in [6.45, 7) is 2.58. The number of hydrogen-bond acceptors (Lipinski definition) is 4. The van der Waals surface area contributed by atoms with Crippen LogP contribution in [0.2, 0.25) is 0 Å². The van der Waals surface area contributed by atoms with Crippen LogP contribution in [0.1, 0.15) is 13.3 Å². The molecular formula is C15H21FN2O4S. The Hall–Kier alpha value is -1.83. The van der Waals surface area contributed by atoms with Crippen LogP contribution < -0.4 is 10.1 Å². The second-order valence-corrected chi connectivity index (χ2v) is 7.58. The van der Waals surface area contributed by atoms with Gasteiger partial charge in [-0.2, -0.15) is 0 Å². The molecule has 6 nitrogen and oxygen atoms in total. The highest BCUT2D eigenvalue weighted by Crippen LogP contribution is 2.18. The van der Waals surface area contributed by atoms with E-state index in [9.17, 15) is 17.6 Å². The summed E-state index contributed by atoms with van der Waals surface area (Å²) in [5.74, 6) is -0.182. The normalized spacial score (nSPS) is 19.3. The maximum absolute atomic E-state index is 13.4. The lowest BCUT2D eigenvalue weighted by molar-refractivity contribution is 0.181. The van der Waals surface area contributed by atoms with Crippen molar-refractivity contribution in [3.05, 3.63) is 30.1 Å². The molecule has 1 aliphatic heterocycles. The van der Waals surface area contributed by atoms with Crippen LogP contribution >= 0.6 is 0 Å². The molecular weight excluding hydrogens is 323 g/mol. The van der Waals surface area contributed by atoms with Crippen molar-refractivity contribution in [3.63, 3.8) is 0 Å². The minimum Gasteiger partial charge on any atom is -0.489 e. The molecule has 1 aromatic carbocycles. The summed E-state index contributed by atoms with van der Waals surface area (Å²) in [6, 6.07) is 5.44. The molecule has 0 radical (unpaired) electrons. The molecule has 1 aromatic rings. The maximum Gasteiger partial charge on any atom is 0.317 e. The number of para-hydroxylation sites is 1. The van der Waals surface area contributed by atoms with E-state index in [0.717, 1.165) is 0 Å². The molecule has 1 aliphatic rings. The van der Waals surface area contributed by atoms with Gasteiger partial charge >= 0.3 is 6.03 Å². The lowest BCUT2D eigenvalue weighted by atomic mass is 10.2. The third-order valence-corrected chi connectivity index (χ3v) is 5.47. The molecule has 1 saturated heterocycles. The number of rotatable bonds is 6. The van der Waals surface area contributed by atoms with Crippen molar-refractivity contribution in [3.8, 4) is 5.75 Å². The van der Waals surface area contributed by atoms with Gasteiger partial charge in [-0.05, 0) is 25.5 Å². The van der Waals surface area contributed by atoms with E-state index in [2.05, 4.69) is 5.32 Å². The molecule has 1 fully saturated rings. The van der Waals surface area contributed by atoms with Gasteiger partial charge in [0.2, 0.25) is 0 Å². The summed E-state index contributed by atoms with van der Waals surface area (Å²) >= 11 is 0. The Kier molecular flexibility index (Phi) is 5.81. The van der Waals surface area contributed by atoms with Crippen LogP contribution in [0.5, 0.6) is 5.75 Å². The highest BCUT2D eigenvalue weighted by molar-refractivity contribution is 7.91. The van der Waals surface area contributed by atoms with Crippen molar-refractivity contribution in [2.75, 3.05) is 31.2 Å². The van der Waals surface area contributed by atoms with Crippen molar-refractivity contribution in [1.82, 2.24) is 10.2 Å². The number of carbonyl (C=O) groups is 1. The van der Waals surface area contributed by atoms with E-state index in [-0.39, 0.29) is 42.5 Å². The molecule has 1 heterocycles. The Balaban J connectivity index is 1.78. The fraction of sp³-hybridized carbons (Fsp3) is 0.533. The Bertz CT molecular complexity index is 651. The zero-order chi connectivity index (χ0) is 16.9. The average Bonchev–Trinajstić information content (AvgIpc) is 2.86. The SMILES string of the molecule is CCN(C(=O)NCCOc1ccccc1F)C1CCS(=O)(=O)C1. The number of halogens is 1. The monoisotopic (exact) mass is 344 g/mol. The Labute approximate surface area is 135 Å². The highest BCUT2D eigenvalue weighted by atomic mass is 32.2. The van der Waals surface area contributed by atoms with Gasteiger partial charge in [0, 0.05) is 12.6 Å². The fourth-order valence-corrected chi connectivity index (χ4v) is 4.30. The lowest BCUT2D eigenvalue weighted by Gasteiger charge is -2.27. The van der Waals surface area contributed by atoms with E-state index in [4.69, 9.17) is 4.74 Å². The topological polar surface area (TPSA) is 75.7 Å². The zero-order valence-electron chi connectivity index (χ0n) is 13.0. The Morgan fingerprint density at radius 1 is 1.43 bits per heavy atom. The predicted octanol–water partition coefficient (Wildman–Crippen LogP) is 1.42. The molecule has 0 saturated carbocycles. The quantitative estimate of drug-likeness (QED) is 0.792. The van der Waals surface area contributed by atoms with E-state index in [1.165, 1.54) is 17.0 Å². The minimum absolute atomic E-state index is 0.0139. The van der Waals surface area contributed by atoms with Crippen LogP contribution in [0.25, 0.3) is 0 Å². The number of sulfone groups is 1. The third-order valence-electron chi connectivity index (χ3n) is 3.72. The van der Waals surface area contributed by atoms with Crippen LogP contribution in [-0.2, 0) is 9.84 Å². The number of nitrogens with zero attached hydrogens (tertiary/aromatic N) is 1. The molecule has 1 unspecified atom stereocenters. The van der Waals surface area contributed by atoms with Crippen LogP contribution in [0.4, 0.5) is 9.18 Å². The molecule has 23 heavy (non-hydrogen) atoms. The standard InChI is InChI=1S/C15H21FN2O4S/c1-2-18(12-7-10-23(20,21)11-12)15(19)17-8-9-22-14-6-4-3-5-13(14)16/h3-6,12H,2,7-11H2,1H3,(H,17,19). The molecule has 1 atom stereocenters. The van der Waals surface area contributed by atoms with E-state index in [1.54, 1.807) is 19.1 Å². The van der Waals surface area contributed by atoms with Crippen molar-refractivity contribution in [2.24, 2.45) is 0 Å². The van der Waals surface area contributed by atoms with Crippen LogP contribution in [0, 0.1) is 5.82 Å². The molecule has 0 aliphatic carbocycles. The molecule has 8 heteroatoms. The second kappa shape index (κ2) is 7.63. The highest BCUT2D eigenvalue weighted by Gasteiger charge is 2.33. The zero-order valence-corrected chi connectivity index (χ0v) is 13.8. The molecule has 0 bridgehead atoms. The molecule has 2 amide bonds. The van der Waals surface area contributed by atoms with Gasteiger partial charge in [0.05, 0.1) is 18.1 Å². The summed E-state index contributed by atoms with van der Waals surface area (Å²) < 4.78 is 41.7. The Morgan fingerprint density at radius 3 is 2.78 bits per heavy atom. The van der Waals surface area contributed by atoms with Gasteiger partial charge in [-0.15, -0.1) is 0 Å². The summed E-state index contributed by atoms with van der Waals surface area (Å²) in [7, 11) is -3.04. The number of hydrogen-bond donors (Lipinski definition) is 1. The predicted molar refractivity (Wildman–Crippen MR) is 84.7 cm³/mol. The number of urea groups is 1. The van der Waals surface area contributed by atoms with Gasteiger partial charge in [0.15, 0.2) is 21.4 Å². The van der Waals surface area contributed by atoms with Gasteiger partial charge in [-0.3, -0.25) is 0 Å². The lowest BCUT2D eigenvalue weighted by Crippen LogP contribution is -2.47. The first-order chi connectivity index (χ1) is 10.9. The first-order valence-electron chi connectivity index (χ1n) is 7.55. The maximum atomic E-state index is 13.4. The van der Waals surface area contributed by atoms with Crippen molar-refractivity contribution < 1.29 is 22.3 Å². The summed E-state index contributed by atoms with van der Waals surface area (Å²) in [5.41, 5.74) is 0. The van der Waals surface area contributed by atoms with Gasteiger partial charge in [0.25, 0.3) is 0 Å². The number of carbonyl (C=O) groups excluding carboxylic acids is 1. The van der Waals surface area contributed by atoms with Crippen molar-refractivity contribution >= 4 is 15.9 Å². The van der Waals surface area contributed by atoms with Crippen LogP contribution in [0.3, 0.4) is 0 Å². The first kappa shape index (κ1) is 17.5.